The number of nitro benzene ring substituents is 1. The Labute approximate surface area is 115 Å². The molecule has 2 aromatic rings. The van der Waals surface area contributed by atoms with Crippen molar-refractivity contribution in [2.45, 2.75) is 20.3 Å². The van der Waals surface area contributed by atoms with Crippen LogP contribution < -0.4 is 5.32 Å². The van der Waals surface area contributed by atoms with Gasteiger partial charge in [0.25, 0.3) is 5.69 Å². The van der Waals surface area contributed by atoms with Gasteiger partial charge in [0, 0.05) is 30.1 Å². The van der Waals surface area contributed by atoms with E-state index in [2.05, 4.69) is 10.3 Å². The number of aryl methyl sites for hydroxylation is 2. The summed E-state index contributed by atoms with van der Waals surface area (Å²) in [5.74, 6) is 0. The van der Waals surface area contributed by atoms with Crippen molar-refractivity contribution >= 4 is 22.7 Å². The third-order valence-corrected chi connectivity index (χ3v) is 3.70. The van der Waals surface area contributed by atoms with E-state index in [4.69, 9.17) is 0 Å². The summed E-state index contributed by atoms with van der Waals surface area (Å²) >= 11 is 1.61. The SMILES string of the molecule is Cc1ccc(NCCc2nc(C)cs2)c([N+](=O)[O-])c1. The van der Waals surface area contributed by atoms with Crippen molar-refractivity contribution in [2.24, 2.45) is 0 Å². The van der Waals surface area contributed by atoms with Crippen LogP contribution in [0.2, 0.25) is 0 Å². The second-order valence-electron chi connectivity index (χ2n) is 4.34. The summed E-state index contributed by atoms with van der Waals surface area (Å²) in [6.07, 6.45) is 0.767. The molecule has 100 valence electrons. The zero-order valence-electron chi connectivity index (χ0n) is 10.8. The molecule has 0 bridgehead atoms. The Morgan fingerprint density at radius 1 is 1.42 bits per heavy atom. The number of rotatable bonds is 5. The lowest BCUT2D eigenvalue weighted by Crippen LogP contribution is -2.07. The van der Waals surface area contributed by atoms with Crippen LogP contribution in [0.1, 0.15) is 16.3 Å². The highest BCUT2D eigenvalue weighted by atomic mass is 32.1. The number of anilines is 1. The minimum atomic E-state index is -0.358. The molecule has 0 aliphatic rings. The molecule has 0 saturated carbocycles. The van der Waals surface area contributed by atoms with Crippen LogP contribution in [-0.4, -0.2) is 16.5 Å². The van der Waals surface area contributed by atoms with E-state index in [9.17, 15) is 10.1 Å². The lowest BCUT2D eigenvalue weighted by Gasteiger charge is -2.06. The van der Waals surface area contributed by atoms with Gasteiger partial charge in [0.15, 0.2) is 0 Å². The first-order valence-electron chi connectivity index (χ1n) is 5.96. The summed E-state index contributed by atoms with van der Waals surface area (Å²) < 4.78 is 0. The van der Waals surface area contributed by atoms with Crippen molar-refractivity contribution in [3.05, 3.63) is 50.0 Å². The molecule has 0 saturated heterocycles. The number of hydrogen-bond acceptors (Lipinski definition) is 5. The normalized spacial score (nSPS) is 10.4. The first-order valence-corrected chi connectivity index (χ1v) is 6.84. The van der Waals surface area contributed by atoms with Gasteiger partial charge in [-0.1, -0.05) is 6.07 Å². The molecule has 0 aliphatic carbocycles. The first kappa shape index (κ1) is 13.5. The van der Waals surface area contributed by atoms with Crippen molar-refractivity contribution in [3.63, 3.8) is 0 Å². The van der Waals surface area contributed by atoms with E-state index in [0.717, 1.165) is 22.7 Å². The van der Waals surface area contributed by atoms with Crippen LogP contribution in [0, 0.1) is 24.0 Å². The minimum absolute atomic E-state index is 0.121. The van der Waals surface area contributed by atoms with Crippen molar-refractivity contribution in [1.82, 2.24) is 4.98 Å². The number of nitrogens with zero attached hydrogens (tertiary/aromatic N) is 2. The average Bonchev–Trinajstić information content (AvgIpc) is 2.77. The quantitative estimate of drug-likeness (QED) is 0.672. The molecular weight excluding hydrogens is 262 g/mol. The number of nitro groups is 1. The maximum atomic E-state index is 11.0. The fraction of sp³-hybridized carbons (Fsp3) is 0.308. The third-order valence-electron chi connectivity index (χ3n) is 2.67. The third kappa shape index (κ3) is 3.51. The van der Waals surface area contributed by atoms with Crippen molar-refractivity contribution in [3.8, 4) is 0 Å². The van der Waals surface area contributed by atoms with Crippen LogP contribution in [0.15, 0.2) is 23.6 Å². The molecule has 0 atom stereocenters. The van der Waals surface area contributed by atoms with E-state index in [1.807, 2.05) is 25.3 Å². The van der Waals surface area contributed by atoms with Crippen LogP contribution in [0.25, 0.3) is 0 Å². The fourth-order valence-electron chi connectivity index (χ4n) is 1.76. The highest BCUT2D eigenvalue weighted by molar-refractivity contribution is 7.09. The van der Waals surface area contributed by atoms with Crippen molar-refractivity contribution in [2.75, 3.05) is 11.9 Å². The summed E-state index contributed by atoms with van der Waals surface area (Å²) in [7, 11) is 0. The molecule has 1 heterocycles. The van der Waals surface area contributed by atoms with E-state index in [1.165, 1.54) is 0 Å². The Morgan fingerprint density at radius 3 is 2.84 bits per heavy atom. The van der Waals surface area contributed by atoms with Gasteiger partial charge >= 0.3 is 0 Å². The average molecular weight is 277 g/mol. The molecule has 0 unspecified atom stereocenters. The number of nitrogens with one attached hydrogen (secondary N) is 1. The van der Waals surface area contributed by atoms with Gasteiger partial charge in [-0.25, -0.2) is 4.98 Å². The van der Waals surface area contributed by atoms with Gasteiger partial charge in [-0.3, -0.25) is 10.1 Å². The highest BCUT2D eigenvalue weighted by Crippen LogP contribution is 2.25. The van der Waals surface area contributed by atoms with Crippen molar-refractivity contribution in [1.29, 1.82) is 0 Å². The molecule has 0 spiro atoms. The second kappa shape index (κ2) is 5.79. The van der Waals surface area contributed by atoms with E-state index < -0.39 is 0 Å². The molecule has 2 rings (SSSR count). The molecule has 0 amide bonds. The molecule has 1 aromatic carbocycles. The van der Waals surface area contributed by atoms with Gasteiger partial charge < -0.3 is 5.32 Å². The number of benzene rings is 1. The standard InChI is InChI=1S/C13H15N3O2S/c1-9-3-4-11(12(7-9)16(17)18)14-6-5-13-15-10(2)8-19-13/h3-4,7-8,14H,5-6H2,1-2H3. The Morgan fingerprint density at radius 2 is 2.21 bits per heavy atom. The zero-order chi connectivity index (χ0) is 13.8. The molecule has 19 heavy (non-hydrogen) atoms. The van der Waals surface area contributed by atoms with E-state index >= 15 is 0 Å². The molecule has 1 aromatic heterocycles. The Balaban J connectivity index is 2.01. The molecule has 0 fully saturated rings. The van der Waals surface area contributed by atoms with Gasteiger partial charge in [0.2, 0.25) is 0 Å². The highest BCUT2D eigenvalue weighted by Gasteiger charge is 2.13. The topological polar surface area (TPSA) is 68.1 Å². The molecular formula is C13H15N3O2S. The van der Waals surface area contributed by atoms with Gasteiger partial charge in [0.1, 0.15) is 5.69 Å². The minimum Gasteiger partial charge on any atom is -0.379 e. The molecule has 5 nitrogen and oxygen atoms in total. The first-order chi connectivity index (χ1) is 9.06. The van der Waals surface area contributed by atoms with E-state index in [-0.39, 0.29) is 10.6 Å². The maximum absolute atomic E-state index is 11.0. The number of aromatic nitrogens is 1. The summed E-state index contributed by atoms with van der Waals surface area (Å²) in [5.41, 5.74) is 2.58. The lowest BCUT2D eigenvalue weighted by atomic mass is 10.2. The smallest absolute Gasteiger partial charge is 0.292 e. The maximum Gasteiger partial charge on any atom is 0.292 e. The van der Waals surface area contributed by atoms with Crippen LogP contribution in [0.4, 0.5) is 11.4 Å². The largest absolute Gasteiger partial charge is 0.379 e. The Kier molecular flexibility index (Phi) is 4.11. The van der Waals surface area contributed by atoms with Gasteiger partial charge in [0.05, 0.1) is 9.93 Å². The van der Waals surface area contributed by atoms with Gasteiger partial charge in [-0.2, -0.15) is 0 Å². The van der Waals surface area contributed by atoms with Gasteiger partial charge in [-0.15, -0.1) is 11.3 Å². The monoisotopic (exact) mass is 277 g/mol. The number of thiazole rings is 1. The summed E-state index contributed by atoms with van der Waals surface area (Å²) in [6.45, 7) is 4.43. The summed E-state index contributed by atoms with van der Waals surface area (Å²) in [4.78, 5) is 15.0. The Bertz CT molecular complexity index is 595. The predicted octanol–water partition coefficient (Wildman–Crippen LogP) is 3.32. The summed E-state index contributed by atoms with van der Waals surface area (Å²) in [6, 6.07) is 5.19. The van der Waals surface area contributed by atoms with E-state index in [0.29, 0.717) is 12.2 Å². The Hall–Kier alpha value is -1.95. The summed E-state index contributed by atoms with van der Waals surface area (Å²) in [5, 5.41) is 17.1. The van der Waals surface area contributed by atoms with E-state index in [1.54, 1.807) is 23.5 Å². The molecule has 0 aliphatic heterocycles. The van der Waals surface area contributed by atoms with Gasteiger partial charge in [-0.05, 0) is 25.5 Å². The zero-order valence-corrected chi connectivity index (χ0v) is 11.7. The van der Waals surface area contributed by atoms with Crippen LogP contribution >= 0.6 is 11.3 Å². The predicted molar refractivity (Wildman–Crippen MR) is 76.9 cm³/mol. The second-order valence-corrected chi connectivity index (χ2v) is 5.28. The molecule has 1 N–H and O–H groups in total. The van der Waals surface area contributed by atoms with Crippen LogP contribution in [-0.2, 0) is 6.42 Å². The lowest BCUT2D eigenvalue weighted by molar-refractivity contribution is -0.384. The number of hydrogen-bond donors (Lipinski definition) is 1. The molecule has 0 radical (unpaired) electrons. The van der Waals surface area contributed by atoms with Crippen LogP contribution in [0.5, 0.6) is 0 Å². The van der Waals surface area contributed by atoms with Crippen LogP contribution in [0.3, 0.4) is 0 Å². The molecule has 6 heteroatoms. The fourth-order valence-corrected chi connectivity index (χ4v) is 2.54. The van der Waals surface area contributed by atoms with Crippen molar-refractivity contribution < 1.29 is 4.92 Å².